The third-order valence-corrected chi connectivity index (χ3v) is 7.75. The van der Waals surface area contributed by atoms with E-state index in [0.717, 1.165) is 43.2 Å². The highest BCUT2D eigenvalue weighted by Crippen LogP contribution is 2.42. The van der Waals surface area contributed by atoms with Crippen LogP contribution in [0.3, 0.4) is 0 Å². The van der Waals surface area contributed by atoms with Crippen LogP contribution in [-0.2, 0) is 25.7 Å². The van der Waals surface area contributed by atoms with Crippen molar-refractivity contribution in [3.8, 4) is 0 Å². The number of nitrogens with one attached hydrogen (secondary N) is 2. The lowest BCUT2D eigenvalue weighted by Gasteiger charge is -2.38. The van der Waals surface area contributed by atoms with Gasteiger partial charge in [-0.2, -0.15) is 0 Å². The lowest BCUT2D eigenvalue weighted by atomic mass is 9.76. The number of benzene rings is 1. The molecule has 3 amide bonds. The number of nitrogens with two attached hydrogens (primary N) is 1. The molecule has 0 aromatic heterocycles. The smallest absolute Gasteiger partial charge is 0.252 e. The van der Waals surface area contributed by atoms with Crippen molar-refractivity contribution in [2.45, 2.75) is 90.4 Å². The lowest BCUT2D eigenvalue weighted by Crippen LogP contribution is -2.58. The predicted molar refractivity (Wildman–Crippen MR) is 158 cm³/mol. The Morgan fingerprint density at radius 1 is 1.17 bits per heavy atom. The summed E-state index contributed by atoms with van der Waals surface area (Å²) in [5.41, 5.74) is 7.21. The summed E-state index contributed by atoms with van der Waals surface area (Å²) < 4.78 is 19.4. The molecular weight excluding hydrogens is 523 g/mol. The van der Waals surface area contributed by atoms with Gasteiger partial charge in [0.05, 0.1) is 30.1 Å². The van der Waals surface area contributed by atoms with Crippen molar-refractivity contribution >= 4 is 17.7 Å². The van der Waals surface area contributed by atoms with Crippen LogP contribution in [0.5, 0.6) is 0 Å². The van der Waals surface area contributed by atoms with E-state index in [9.17, 15) is 18.8 Å². The van der Waals surface area contributed by atoms with E-state index in [0.29, 0.717) is 17.7 Å². The fourth-order valence-corrected chi connectivity index (χ4v) is 5.43. The lowest BCUT2D eigenvalue weighted by molar-refractivity contribution is -0.139. The highest BCUT2D eigenvalue weighted by molar-refractivity contribution is 6.03. The van der Waals surface area contributed by atoms with Gasteiger partial charge in [-0.25, -0.2) is 4.39 Å². The number of carbonyl (C=O) groups is 3. The van der Waals surface area contributed by atoms with Crippen molar-refractivity contribution in [3.63, 3.8) is 0 Å². The van der Waals surface area contributed by atoms with Crippen LogP contribution in [0, 0.1) is 0 Å². The number of hydrogen-bond donors (Lipinski definition) is 3. The van der Waals surface area contributed by atoms with Gasteiger partial charge in [-0.3, -0.25) is 14.4 Å². The first-order valence-corrected chi connectivity index (χ1v) is 14.5. The van der Waals surface area contributed by atoms with E-state index in [1.54, 1.807) is 31.7 Å². The van der Waals surface area contributed by atoms with Gasteiger partial charge in [-0.15, -0.1) is 0 Å². The molecule has 1 saturated carbocycles. The normalized spacial score (nSPS) is 18.4. The molecule has 1 heterocycles. The van der Waals surface area contributed by atoms with Crippen LogP contribution in [0.2, 0.25) is 0 Å². The summed E-state index contributed by atoms with van der Waals surface area (Å²) in [6.45, 7) is 8.95. The Morgan fingerprint density at radius 2 is 1.83 bits per heavy atom. The van der Waals surface area contributed by atoms with Crippen LogP contribution in [0.25, 0.3) is 0 Å². The third kappa shape index (κ3) is 8.36. The minimum absolute atomic E-state index is 0.0419. The molecule has 0 bridgehead atoms. The molecule has 224 valence electrons. The minimum Gasteiger partial charge on any atom is -0.374 e. The average molecular weight is 569 g/mol. The van der Waals surface area contributed by atoms with Gasteiger partial charge in [0.25, 0.3) is 5.91 Å². The van der Waals surface area contributed by atoms with Crippen molar-refractivity contribution in [3.05, 3.63) is 70.6 Å². The Bertz CT molecular complexity index is 1190. The number of nitrogens with zero attached hydrogens (tertiary/aromatic N) is 1. The predicted octanol–water partition coefficient (Wildman–Crippen LogP) is 4.22. The first kappa shape index (κ1) is 32.2. The maximum Gasteiger partial charge on any atom is 0.252 e. The standard InChI is InChI=1S/C32H45FN4O4/c1-6-37(29(39)26(35-30(40)31(4,5)34)21-41-20-24-13-9-7-10-14-24)19-25-27(22(2)15-16-23(3)33)28(38)36-32(25)17-11-8-12-18-32/h7,9-10,13-16,26H,6,8,11-12,17-21,34H2,1-5H3,(H,35,40)(H,36,38)/b22-15+,23-16+/t26-/m1/s1. The van der Waals surface area contributed by atoms with Gasteiger partial charge in [0.1, 0.15) is 6.04 Å². The summed E-state index contributed by atoms with van der Waals surface area (Å²) in [6.07, 6.45) is 7.49. The summed E-state index contributed by atoms with van der Waals surface area (Å²) in [5, 5.41) is 6.01. The average Bonchev–Trinajstić information content (AvgIpc) is 3.19. The number of likely N-dealkylation sites (N-methyl/N-ethyl adjacent to an activating group) is 1. The van der Waals surface area contributed by atoms with Gasteiger partial charge in [0.2, 0.25) is 11.8 Å². The SMILES string of the molecule is CCN(CC1=C(/C(C)=C/C=C(\C)F)C(=O)NC12CCCCC2)C(=O)[C@@H](COCc1ccccc1)NC(=O)C(C)(C)N. The second-order valence-corrected chi connectivity index (χ2v) is 11.7. The number of ether oxygens (including phenoxy) is 1. The topological polar surface area (TPSA) is 114 Å². The van der Waals surface area contributed by atoms with Crippen molar-refractivity contribution in [2.24, 2.45) is 5.73 Å². The van der Waals surface area contributed by atoms with E-state index in [-0.39, 0.29) is 37.4 Å². The van der Waals surface area contributed by atoms with E-state index in [1.165, 1.54) is 13.0 Å². The third-order valence-electron chi connectivity index (χ3n) is 7.75. The monoisotopic (exact) mass is 568 g/mol. The molecule has 41 heavy (non-hydrogen) atoms. The Morgan fingerprint density at radius 3 is 2.41 bits per heavy atom. The molecule has 1 aromatic rings. The van der Waals surface area contributed by atoms with Crippen molar-refractivity contribution in [1.82, 2.24) is 15.5 Å². The molecule has 0 saturated heterocycles. The van der Waals surface area contributed by atoms with Gasteiger partial charge in [-0.1, -0.05) is 55.7 Å². The quantitative estimate of drug-likeness (QED) is 0.327. The van der Waals surface area contributed by atoms with Gasteiger partial charge in [0.15, 0.2) is 0 Å². The number of halogens is 1. The molecule has 8 nitrogen and oxygen atoms in total. The molecule has 3 rings (SSSR count). The molecular formula is C32H45FN4O4. The maximum absolute atomic E-state index is 14.0. The van der Waals surface area contributed by atoms with E-state index in [4.69, 9.17) is 10.5 Å². The van der Waals surface area contributed by atoms with Crippen molar-refractivity contribution in [2.75, 3.05) is 19.7 Å². The molecule has 1 aromatic carbocycles. The fraction of sp³-hybridized carbons (Fsp3) is 0.531. The summed E-state index contributed by atoms with van der Waals surface area (Å²) in [7, 11) is 0. The maximum atomic E-state index is 14.0. The summed E-state index contributed by atoms with van der Waals surface area (Å²) >= 11 is 0. The molecule has 1 spiro atoms. The Balaban J connectivity index is 1.93. The van der Waals surface area contributed by atoms with Gasteiger partial charge in [-0.05, 0) is 70.2 Å². The van der Waals surface area contributed by atoms with E-state index < -0.39 is 23.0 Å². The van der Waals surface area contributed by atoms with Crippen LogP contribution in [0.1, 0.15) is 72.3 Å². The number of rotatable bonds is 12. The van der Waals surface area contributed by atoms with E-state index >= 15 is 0 Å². The first-order valence-electron chi connectivity index (χ1n) is 14.5. The minimum atomic E-state index is -1.19. The molecule has 0 radical (unpaired) electrons. The van der Waals surface area contributed by atoms with Gasteiger partial charge >= 0.3 is 0 Å². The van der Waals surface area contributed by atoms with Crippen LogP contribution >= 0.6 is 0 Å². The second kappa shape index (κ2) is 14.0. The van der Waals surface area contributed by atoms with Crippen LogP contribution in [0.15, 0.2) is 65.0 Å². The fourth-order valence-electron chi connectivity index (χ4n) is 5.43. The number of carbonyl (C=O) groups excluding carboxylic acids is 3. The summed E-state index contributed by atoms with van der Waals surface area (Å²) in [4.78, 5) is 41.8. The van der Waals surface area contributed by atoms with Crippen molar-refractivity contribution in [1.29, 1.82) is 0 Å². The van der Waals surface area contributed by atoms with E-state index in [2.05, 4.69) is 10.6 Å². The molecule has 1 aliphatic carbocycles. The number of allylic oxidation sites excluding steroid dienone is 3. The highest BCUT2D eigenvalue weighted by Gasteiger charge is 2.46. The molecule has 1 aliphatic heterocycles. The second-order valence-electron chi connectivity index (χ2n) is 11.7. The Labute approximate surface area is 243 Å². The molecule has 1 fully saturated rings. The molecule has 1 atom stereocenters. The van der Waals surface area contributed by atoms with E-state index in [1.807, 2.05) is 37.3 Å². The molecule has 0 unspecified atom stereocenters. The zero-order valence-corrected chi connectivity index (χ0v) is 25.0. The Hall–Kier alpha value is -3.30. The molecule has 2 aliphatic rings. The van der Waals surface area contributed by atoms with Crippen LogP contribution < -0.4 is 16.4 Å². The van der Waals surface area contributed by atoms with Gasteiger partial charge < -0.3 is 26.0 Å². The zero-order valence-electron chi connectivity index (χ0n) is 25.0. The van der Waals surface area contributed by atoms with Gasteiger partial charge in [0, 0.05) is 18.7 Å². The Kier molecular flexibility index (Phi) is 11.0. The summed E-state index contributed by atoms with van der Waals surface area (Å²) in [5.74, 6) is -1.36. The molecule has 4 N–H and O–H groups in total. The first-order chi connectivity index (χ1) is 19.4. The summed E-state index contributed by atoms with van der Waals surface area (Å²) in [6, 6.07) is 8.60. The van der Waals surface area contributed by atoms with Crippen LogP contribution in [0.4, 0.5) is 4.39 Å². The van der Waals surface area contributed by atoms with Crippen LogP contribution in [-0.4, -0.2) is 59.4 Å². The number of hydrogen-bond acceptors (Lipinski definition) is 5. The zero-order chi connectivity index (χ0) is 30.2. The largest absolute Gasteiger partial charge is 0.374 e. The molecule has 9 heteroatoms. The highest BCUT2D eigenvalue weighted by atomic mass is 19.1. The van der Waals surface area contributed by atoms with Crippen molar-refractivity contribution < 1.29 is 23.5 Å². The number of amides is 3.